The van der Waals surface area contributed by atoms with Gasteiger partial charge in [-0.1, -0.05) is 206 Å². The average Bonchev–Trinajstić information content (AvgIpc) is 4.03. The molecule has 75 heavy (non-hydrogen) atoms. The van der Waals surface area contributed by atoms with E-state index in [2.05, 4.69) is 281 Å². The van der Waals surface area contributed by atoms with Crippen molar-refractivity contribution < 1.29 is 0 Å². The number of anilines is 2. The van der Waals surface area contributed by atoms with Crippen LogP contribution < -0.4 is 10.4 Å². The first-order valence-corrected chi connectivity index (χ1v) is 27.4. The van der Waals surface area contributed by atoms with E-state index < -0.39 is 5.41 Å². The third-order valence-corrected chi connectivity index (χ3v) is 17.2. The van der Waals surface area contributed by atoms with Gasteiger partial charge in [-0.3, -0.25) is 0 Å². The van der Waals surface area contributed by atoms with E-state index >= 15 is 0 Å². The Hall–Kier alpha value is -7.30. The molecule has 4 heterocycles. The summed E-state index contributed by atoms with van der Waals surface area (Å²) in [4.78, 5) is 2.72. The van der Waals surface area contributed by atoms with Crippen LogP contribution in [-0.4, -0.2) is 15.9 Å². The SMILES string of the molecule is CC1(C)C(c2ccccc2)=C(c2ccccc2)C2=C1N(c1ccc(C(C)(C)C)cc1)c1cc(C(C)(C)C)cc3c1B2n1c2ccc(C(C)(C)C)cc2c2cc4c5cc(C(C)(C)C)ccc5n(-c5ccccc5)c4c-3c21. The van der Waals surface area contributed by atoms with Crippen LogP contribution in [0.2, 0.25) is 0 Å². The number of para-hydroxylation sites is 1. The molecule has 0 spiro atoms. The van der Waals surface area contributed by atoms with Gasteiger partial charge in [0, 0.05) is 66.3 Å². The zero-order chi connectivity index (χ0) is 52.5. The molecule has 0 amide bonds. The summed E-state index contributed by atoms with van der Waals surface area (Å²) in [5.41, 5.74) is 25.3. The maximum absolute atomic E-state index is 2.82. The fourth-order valence-electron chi connectivity index (χ4n) is 13.4. The molecule has 2 aliphatic heterocycles. The highest BCUT2D eigenvalue weighted by atomic mass is 15.2. The second-order valence-electron chi connectivity index (χ2n) is 26.7. The Kier molecular flexibility index (Phi) is 10.0. The zero-order valence-electron chi connectivity index (χ0n) is 46.6. The van der Waals surface area contributed by atoms with Crippen molar-refractivity contribution in [3.05, 3.63) is 214 Å². The van der Waals surface area contributed by atoms with Crippen molar-refractivity contribution >= 4 is 78.4 Å². The number of hydrogen-bond donors (Lipinski definition) is 0. The lowest BCUT2D eigenvalue weighted by atomic mass is 9.43. The van der Waals surface area contributed by atoms with Crippen LogP contribution >= 0.6 is 0 Å². The predicted octanol–water partition coefficient (Wildman–Crippen LogP) is 18.4. The molecule has 1 aliphatic carbocycles. The van der Waals surface area contributed by atoms with E-state index in [1.807, 2.05) is 0 Å². The van der Waals surface area contributed by atoms with Gasteiger partial charge in [0.25, 0.3) is 0 Å². The van der Waals surface area contributed by atoms with E-state index in [1.54, 1.807) is 0 Å². The lowest BCUT2D eigenvalue weighted by Crippen LogP contribution is -2.51. The van der Waals surface area contributed by atoms with E-state index in [1.165, 1.54) is 133 Å². The molecule has 2 aromatic heterocycles. The summed E-state index contributed by atoms with van der Waals surface area (Å²) in [6.07, 6.45) is 0. The molecule has 0 bridgehead atoms. The predicted molar refractivity (Wildman–Crippen MR) is 324 cm³/mol. The molecule has 0 saturated heterocycles. The van der Waals surface area contributed by atoms with Crippen LogP contribution in [0.5, 0.6) is 0 Å². The van der Waals surface area contributed by atoms with Crippen LogP contribution in [-0.2, 0) is 21.7 Å². The van der Waals surface area contributed by atoms with Crippen molar-refractivity contribution in [2.24, 2.45) is 5.41 Å². The Morgan fingerprint density at radius 1 is 0.427 bits per heavy atom. The van der Waals surface area contributed by atoms with E-state index in [9.17, 15) is 0 Å². The first kappa shape index (κ1) is 47.4. The second kappa shape index (κ2) is 15.9. The van der Waals surface area contributed by atoms with Crippen molar-refractivity contribution in [3.8, 4) is 16.8 Å². The molecule has 0 atom stereocenters. The molecular weight excluding hydrogens is 906 g/mol. The zero-order valence-corrected chi connectivity index (χ0v) is 46.6. The summed E-state index contributed by atoms with van der Waals surface area (Å²) in [6, 6.07) is 65.9. The molecule has 0 radical (unpaired) electrons. The lowest BCUT2D eigenvalue weighted by molar-refractivity contribution is 0.586. The first-order chi connectivity index (χ1) is 35.5. The quantitative estimate of drug-likeness (QED) is 0.160. The first-order valence-electron chi connectivity index (χ1n) is 27.4. The van der Waals surface area contributed by atoms with Crippen molar-refractivity contribution in [2.75, 3.05) is 4.90 Å². The molecule has 0 saturated carbocycles. The molecule has 8 aromatic carbocycles. The van der Waals surface area contributed by atoms with E-state index in [0.29, 0.717) is 0 Å². The third-order valence-electron chi connectivity index (χ3n) is 17.2. The topological polar surface area (TPSA) is 13.1 Å². The standard InChI is InChI=1S/C71H70BN3/c1-67(2,3)45-30-34-50(35-31-45)74-58-41-48(70(10,11)12)40-55-60-64-53(51-38-46(68(4,5)6)32-36-56(51)73(64)49-28-22-17-23-29-49)42-54-52-39-47(69(7,8)9)33-37-57(52)75(65(54)60)72(62(55)58)63-59(43-24-18-15-19-25-43)61(71(13,14)66(63)74)44-26-20-16-21-27-44/h15-42H,1-14H3. The molecule has 0 N–H and O–H groups in total. The number of allylic oxidation sites excluding steroid dienone is 3. The molecule has 4 heteroatoms. The summed E-state index contributed by atoms with van der Waals surface area (Å²) in [6.45, 7) is 33.1. The van der Waals surface area contributed by atoms with Gasteiger partial charge in [-0.25, -0.2) is 0 Å². The van der Waals surface area contributed by atoms with Crippen LogP contribution in [0, 0.1) is 5.41 Å². The molecular formula is C71H70BN3. The van der Waals surface area contributed by atoms with Gasteiger partial charge >= 0.3 is 6.85 Å². The van der Waals surface area contributed by atoms with Crippen LogP contribution in [0.4, 0.5) is 11.4 Å². The van der Waals surface area contributed by atoms with Crippen molar-refractivity contribution in [1.29, 1.82) is 0 Å². The number of hydrogen-bond acceptors (Lipinski definition) is 1. The second-order valence-corrected chi connectivity index (χ2v) is 26.7. The average molecular weight is 976 g/mol. The number of nitrogens with zero attached hydrogens (tertiary/aromatic N) is 3. The molecule has 0 fully saturated rings. The van der Waals surface area contributed by atoms with Gasteiger partial charge in [0.05, 0.1) is 11.0 Å². The number of fused-ring (bicyclic) bond motifs is 10. The fourth-order valence-corrected chi connectivity index (χ4v) is 13.4. The minimum atomic E-state index is -0.434. The maximum Gasteiger partial charge on any atom is 0.333 e. The summed E-state index contributed by atoms with van der Waals surface area (Å²) in [5, 5.41) is 5.21. The molecule has 3 nitrogen and oxygen atoms in total. The number of benzene rings is 8. The molecule has 372 valence electrons. The van der Waals surface area contributed by atoms with Crippen LogP contribution in [0.3, 0.4) is 0 Å². The fraction of sp³-hybridized carbons (Fsp3) is 0.268. The summed E-state index contributed by atoms with van der Waals surface area (Å²) in [5.74, 6) is 0. The van der Waals surface area contributed by atoms with Crippen LogP contribution in [0.25, 0.3) is 71.6 Å². The molecule has 0 unspecified atom stereocenters. The molecule has 13 rings (SSSR count). The Balaban J connectivity index is 1.30. The monoisotopic (exact) mass is 976 g/mol. The van der Waals surface area contributed by atoms with Gasteiger partial charge in [-0.15, -0.1) is 0 Å². The van der Waals surface area contributed by atoms with Crippen LogP contribution in [0.1, 0.15) is 130 Å². The van der Waals surface area contributed by atoms with Gasteiger partial charge in [-0.05, 0) is 143 Å². The van der Waals surface area contributed by atoms with Crippen LogP contribution in [0.15, 0.2) is 181 Å². The van der Waals surface area contributed by atoms with Crippen molar-refractivity contribution in [1.82, 2.24) is 9.05 Å². The highest BCUT2D eigenvalue weighted by Gasteiger charge is 2.54. The minimum Gasteiger partial charge on any atom is -0.375 e. The smallest absolute Gasteiger partial charge is 0.333 e. The largest absolute Gasteiger partial charge is 0.375 e. The highest BCUT2D eigenvalue weighted by Crippen LogP contribution is 2.62. The van der Waals surface area contributed by atoms with Crippen molar-refractivity contribution in [3.63, 3.8) is 0 Å². The minimum absolute atomic E-state index is 0.00402. The molecule has 10 aromatic rings. The van der Waals surface area contributed by atoms with E-state index in [-0.39, 0.29) is 28.5 Å². The maximum atomic E-state index is 2.82. The van der Waals surface area contributed by atoms with Gasteiger partial charge < -0.3 is 13.9 Å². The van der Waals surface area contributed by atoms with Gasteiger partial charge in [0.15, 0.2) is 0 Å². The molecule has 3 aliphatic rings. The Morgan fingerprint density at radius 3 is 1.51 bits per heavy atom. The van der Waals surface area contributed by atoms with E-state index in [0.717, 1.165) is 0 Å². The summed E-state index contributed by atoms with van der Waals surface area (Å²) >= 11 is 0. The Morgan fingerprint density at radius 2 is 0.933 bits per heavy atom. The summed E-state index contributed by atoms with van der Waals surface area (Å²) < 4.78 is 5.42. The normalized spacial score (nSPS) is 15.5. The number of rotatable bonds is 4. The van der Waals surface area contributed by atoms with Gasteiger partial charge in [-0.2, -0.15) is 0 Å². The third kappa shape index (κ3) is 6.93. The van der Waals surface area contributed by atoms with E-state index in [4.69, 9.17) is 0 Å². The lowest BCUT2D eigenvalue weighted by Gasteiger charge is -2.45. The van der Waals surface area contributed by atoms with Gasteiger partial charge in [0.2, 0.25) is 0 Å². The Bertz CT molecular complexity index is 4080. The highest BCUT2D eigenvalue weighted by molar-refractivity contribution is 6.87. The number of aromatic nitrogens is 2. The summed E-state index contributed by atoms with van der Waals surface area (Å²) in [7, 11) is 0. The van der Waals surface area contributed by atoms with Crippen molar-refractivity contribution in [2.45, 2.75) is 119 Å². The Labute approximate surface area is 445 Å². The van der Waals surface area contributed by atoms with Gasteiger partial charge in [0.1, 0.15) is 0 Å².